The van der Waals surface area contributed by atoms with E-state index in [1.54, 1.807) is 0 Å². The fourth-order valence-electron chi connectivity index (χ4n) is 1.81. The van der Waals surface area contributed by atoms with Gasteiger partial charge in [0.15, 0.2) is 0 Å². The van der Waals surface area contributed by atoms with Gasteiger partial charge in [-0.1, -0.05) is 0 Å². The van der Waals surface area contributed by atoms with Crippen molar-refractivity contribution in [2.45, 2.75) is 34.2 Å². The van der Waals surface area contributed by atoms with Gasteiger partial charge >= 0.3 is 114 Å². The Morgan fingerprint density at radius 1 is 1.28 bits per heavy atom. The Kier molecular flexibility index (Phi) is 6.15. The van der Waals surface area contributed by atoms with E-state index in [1.165, 1.54) is 5.56 Å². The molecule has 3 nitrogen and oxygen atoms in total. The van der Waals surface area contributed by atoms with Gasteiger partial charge in [-0.25, -0.2) is 0 Å². The number of rotatable bonds is 6. The second kappa shape index (κ2) is 7.14. The van der Waals surface area contributed by atoms with Crippen LogP contribution in [0.3, 0.4) is 0 Å². The summed E-state index contributed by atoms with van der Waals surface area (Å²) in [6, 6.07) is 9.87. The van der Waals surface area contributed by atoms with Crippen molar-refractivity contribution in [1.82, 2.24) is 3.54 Å². The average molecular weight is 356 g/mol. The van der Waals surface area contributed by atoms with Gasteiger partial charge in [0.25, 0.3) is 0 Å². The number of esters is 1. The SMILES string of the molecule is CCOC(=O)[C@H](Cc1ccccc1)[NH][Sn]([CH3])([CH3])[CH3]. The molecular weight excluding hydrogens is 333 g/mol. The summed E-state index contributed by atoms with van der Waals surface area (Å²) >= 11 is -2.23. The fraction of sp³-hybridized carbons (Fsp3) is 0.500. The summed E-state index contributed by atoms with van der Waals surface area (Å²) < 4.78 is 8.68. The Morgan fingerprint density at radius 2 is 1.89 bits per heavy atom. The summed E-state index contributed by atoms with van der Waals surface area (Å²) in [5, 5.41) is 0. The van der Waals surface area contributed by atoms with Crippen molar-refractivity contribution >= 4 is 24.6 Å². The zero-order valence-electron chi connectivity index (χ0n) is 11.7. The normalized spacial score (nSPS) is 13.1. The van der Waals surface area contributed by atoms with E-state index in [-0.39, 0.29) is 12.0 Å². The molecule has 1 aromatic carbocycles. The van der Waals surface area contributed by atoms with Crippen LogP contribution in [-0.2, 0) is 16.0 Å². The zero-order chi connectivity index (χ0) is 13.6. The molecular formula is C14H23NO2Sn. The minimum absolute atomic E-state index is 0.132. The quantitative estimate of drug-likeness (QED) is 0.629. The molecule has 1 N–H and O–H groups in total. The molecule has 1 rings (SSSR count). The topological polar surface area (TPSA) is 38.3 Å². The van der Waals surface area contributed by atoms with Crippen LogP contribution in [0.25, 0.3) is 0 Å². The van der Waals surface area contributed by atoms with Gasteiger partial charge in [-0.05, 0) is 0 Å². The van der Waals surface area contributed by atoms with E-state index in [1.807, 2.05) is 37.3 Å². The van der Waals surface area contributed by atoms with Crippen molar-refractivity contribution < 1.29 is 9.53 Å². The van der Waals surface area contributed by atoms with Crippen LogP contribution >= 0.6 is 0 Å². The maximum absolute atomic E-state index is 12.0. The predicted octanol–water partition coefficient (Wildman–Crippen LogP) is 2.59. The van der Waals surface area contributed by atoms with Crippen molar-refractivity contribution in [2.24, 2.45) is 0 Å². The van der Waals surface area contributed by atoms with E-state index in [2.05, 4.69) is 18.4 Å². The Bertz CT molecular complexity index is 373. The van der Waals surface area contributed by atoms with Gasteiger partial charge in [0.2, 0.25) is 0 Å². The van der Waals surface area contributed by atoms with Crippen molar-refractivity contribution in [2.75, 3.05) is 6.61 Å². The second-order valence-electron chi connectivity index (χ2n) is 5.39. The van der Waals surface area contributed by atoms with Crippen LogP contribution in [0.2, 0.25) is 14.8 Å². The molecule has 0 radical (unpaired) electrons. The third-order valence-corrected chi connectivity index (χ3v) is 5.93. The molecule has 0 amide bonds. The van der Waals surface area contributed by atoms with Crippen LogP contribution in [0.5, 0.6) is 0 Å². The number of carbonyl (C=O) groups excluding carboxylic acids is 1. The average Bonchev–Trinajstić information content (AvgIpc) is 2.28. The first-order valence-corrected chi connectivity index (χ1v) is 16.4. The molecule has 0 aliphatic rings. The summed E-state index contributed by atoms with van der Waals surface area (Å²) in [6.07, 6.45) is 0.702. The fourth-order valence-corrected chi connectivity index (χ4v) is 5.42. The molecule has 1 aromatic rings. The van der Waals surface area contributed by atoms with Crippen molar-refractivity contribution in [3.8, 4) is 0 Å². The van der Waals surface area contributed by atoms with Crippen LogP contribution < -0.4 is 3.54 Å². The molecule has 0 fully saturated rings. The van der Waals surface area contributed by atoms with E-state index in [0.29, 0.717) is 13.0 Å². The van der Waals surface area contributed by atoms with Crippen LogP contribution in [0, 0.1) is 0 Å². The van der Waals surface area contributed by atoms with Gasteiger partial charge in [-0.15, -0.1) is 0 Å². The third-order valence-electron chi connectivity index (χ3n) is 2.46. The Labute approximate surface area is 114 Å². The molecule has 0 aliphatic carbocycles. The molecule has 100 valence electrons. The molecule has 0 spiro atoms. The van der Waals surface area contributed by atoms with E-state index in [4.69, 9.17) is 4.74 Å². The van der Waals surface area contributed by atoms with E-state index >= 15 is 0 Å². The first-order valence-electron chi connectivity index (χ1n) is 6.40. The number of benzene rings is 1. The van der Waals surface area contributed by atoms with Gasteiger partial charge in [-0.3, -0.25) is 0 Å². The monoisotopic (exact) mass is 357 g/mol. The van der Waals surface area contributed by atoms with Crippen LogP contribution in [0.4, 0.5) is 0 Å². The number of nitrogens with one attached hydrogen (secondary N) is 1. The van der Waals surface area contributed by atoms with Gasteiger partial charge in [0.1, 0.15) is 0 Å². The van der Waals surface area contributed by atoms with Gasteiger partial charge in [0.05, 0.1) is 0 Å². The number of ether oxygens (including phenoxy) is 1. The van der Waals surface area contributed by atoms with Crippen molar-refractivity contribution in [3.05, 3.63) is 35.9 Å². The first-order chi connectivity index (χ1) is 8.42. The molecule has 0 bridgehead atoms. The number of hydrogen-bond donors (Lipinski definition) is 1. The van der Waals surface area contributed by atoms with Gasteiger partial charge in [-0.2, -0.15) is 0 Å². The first kappa shape index (κ1) is 15.5. The van der Waals surface area contributed by atoms with Crippen molar-refractivity contribution in [1.29, 1.82) is 0 Å². The summed E-state index contributed by atoms with van der Waals surface area (Å²) in [7, 11) is 0. The van der Waals surface area contributed by atoms with Gasteiger partial charge in [0, 0.05) is 0 Å². The Morgan fingerprint density at radius 3 is 2.39 bits per heavy atom. The summed E-state index contributed by atoms with van der Waals surface area (Å²) in [6.45, 7) is 2.28. The number of carbonyl (C=O) groups is 1. The van der Waals surface area contributed by atoms with E-state index < -0.39 is 18.7 Å². The molecule has 0 aliphatic heterocycles. The van der Waals surface area contributed by atoms with Crippen molar-refractivity contribution in [3.63, 3.8) is 0 Å². The predicted molar refractivity (Wildman–Crippen MR) is 77.0 cm³/mol. The molecule has 0 heterocycles. The van der Waals surface area contributed by atoms with Crippen LogP contribution in [0.1, 0.15) is 12.5 Å². The third kappa shape index (κ3) is 5.87. The molecule has 0 saturated carbocycles. The molecule has 0 unspecified atom stereocenters. The second-order valence-corrected chi connectivity index (χ2v) is 19.1. The number of hydrogen-bond acceptors (Lipinski definition) is 3. The summed E-state index contributed by atoms with van der Waals surface area (Å²) in [5.41, 5.74) is 1.17. The zero-order valence-corrected chi connectivity index (χ0v) is 14.5. The Hall–Kier alpha value is -0.551. The Balaban J connectivity index is 2.74. The molecule has 0 aromatic heterocycles. The molecule has 4 heteroatoms. The molecule has 0 saturated heterocycles. The molecule has 1 atom stereocenters. The van der Waals surface area contributed by atoms with E-state index in [0.717, 1.165) is 0 Å². The summed E-state index contributed by atoms with van der Waals surface area (Å²) in [4.78, 5) is 18.7. The van der Waals surface area contributed by atoms with Crippen LogP contribution in [-0.4, -0.2) is 37.3 Å². The summed E-state index contributed by atoms with van der Waals surface area (Å²) in [5.74, 6) is -0.132. The van der Waals surface area contributed by atoms with E-state index in [9.17, 15) is 4.79 Å². The standard InChI is InChI=1S/C11H14NO2.3CH3.Sn/c1-2-14-11(13)10(12)8-9-6-4-3-5-7-9;;;;/h3-7,10,12H,2,8H2,1H3;3*1H3;/q-1;;;;+1/t10-;;;;/m0..../s1. The van der Waals surface area contributed by atoms with Gasteiger partial charge < -0.3 is 0 Å². The maximum atomic E-state index is 12.0. The minimum atomic E-state index is -2.23. The molecule has 18 heavy (non-hydrogen) atoms. The van der Waals surface area contributed by atoms with Crippen LogP contribution in [0.15, 0.2) is 30.3 Å².